The van der Waals surface area contributed by atoms with Crippen LogP contribution in [0, 0.1) is 5.92 Å². The Kier molecular flexibility index (Phi) is 9.94. The minimum Gasteiger partial charge on any atom is -0.504 e. The minimum atomic E-state index is -2.03. The van der Waals surface area contributed by atoms with Gasteiger partial charge in [0.05, 0.1) is 29.6 Å². The maximum Gasteiger partial charge on any atom is 0.350 e. The van der Waals surface area contributed by atoms with E-state index < -0.39 is 104 Å². The van der Waals surface area contributed by atoms with Crippen LogP contribution in [0.5, 0.6) is 11.5 Å². The molecule has 0 spiro atoms. The number of nitrogen functional groups attached to an aromatic ring is 1. The van der Waals surface area contributed by atoms with Gasteiger partial charge in [-0.2, -0.15) is 0 Å². The number of carbonyl (C=O) groups is 8. The molecule has 55 heavy (non-hydrogen) atoms. The number of β-lactam (4-membered cyclic amide) rings is 1. The molecule has 6 amide bonds. The number of aliphatic carboxylic acids is 2. The number of carboxylic acids is 2. The zero-order valence-electron chi connectivity index (χ0n) is 28.4. The summed E-state index contributed by atoms with van der Waals surface area (Å²) in [5, 5.41) is 46.0. The second kappa shape index (κ2) is 14.1. The number of nitrogens with zero attached hydrogens (tertiary/aromatic N) is 6. The molecule has 0 radical (unpaired) electrons. The third-order valence-electron chi connectivity index (χ3n) is 9.09. The van der Waals surface area contributed by atoms with E-state index in [2.05, 4.69) is 20.9 Å². The molecule has 22 nitrogen and oxygen atoms in total. The fourth-order valence-corrected chi connectivity index (χ4v) is 8.25. The van der Waals surface area contributed by atoms with Crippen molar-refractivity contribution in [3.05, 3.63) is 33.8 Å². The molecule has 3 atom stereocenters. The summed E-state index contributed by atoms with van der Waals surface area (Å²) in [5.74, 6) is -9.59. The summed E-state index contributed by atoms with van der Waals surface area (Å²) in [6.45, 7) is 1.14. The van der Waals surface area contributed by atoms with Crippen LogP contribution in [0.2, 0.25) is 5.02 Å². The van der Waals surface area contributed by atoms with Crippen LogP contribution in [0.25, 0.3) is 0 Å². The number of ketones is 1. The van der Waals surface area contributed by atoms with Crippen molar-refractivity contribution in [1.82, 2.24) is 35.4 Å². The number of fused-ring (bicyclic) bond motifs is 1. The predicted molar refractivity (Wildman–Crippen MR) is 187 cm³/mol. The number of rotatable bonds is 12. The van der Waals surface area contributed by atoms with Gasteiger partial charge in [-0.3, -0.25) is 34.3 Å². The lowest BCUT2D eigenvalue weighted by molar-refractivity contribution is -0.161. The van der Waals surface area contributed by atoms with Crippen LogP contribution in [-0.2, 0) is 33.6 Å². The number of thiazole rings is 1. The molecule has 0 bridgehead atoms. The van der Waals surface area contributed by atoms with Gasteiger partial charge >= 0.3 is 18.0 Å². The number of amides is 6. The van der Waals surface area contributed by atoms with Crippen molar-refractivity contribution in [2.45, 2.75) is 35.7 Å². The first-order chi connectivity index (χ1) is 25.8. The monoisotopic (exact) mass is 823 g/mol. The number of benzene rings is 1. The molecule has 1 aromatic heterocycles. The van der Waals surface area contributed by atoms with E-state index in [0.717, 1.165) is 43.2 Å². The molecule has 4 aliphatic rings. The zero-order chi connectivity index (χ0) is 40.3. The van der Waals surface area contributed by atoms with E-state index in [1.165, 1.54) is 19.2 Å². The Hall–Kier alpha value is -5.88. The molecule has 0 aliphatic carbocycles. The van der Waals surface area contributed by atoms with Gasteiger partial charge in [-0.05, 0) is 26.0 Å². The maximum atomic E-state index is 13.5. The molecule has 25 heteroatoms. The highest BCUT2D eigenvalue weighted by Crippen LogP contribution is 2.49. The first-order valence-electron chi connectivity index (χ1n) is 15.9. The number of phenols is 2. The van der Waals surface area contributed by atoms with Gasteiger partial charge in [0.2, 0.25) is 22.3 Å². The minimum absolute atomic E-state index is 0.0496. The normalized spacial score (nSPS) is 22.5. The molecular weight excluding hydrogens is 794 g/mol. The van der Waals surface area contributed by atoms with Gasteiger partial charge in [-0.15, -0.1) is 11.3 Å². The lowest BCUT2D eigenvalue weighted by Crippen LogP contribution is -2.68. The summed E-state index contributed by atoms with van der Waals surface area (Å²) in [5.41, 5.74) is 5.29. The summed E-state index contributed by atoms with van der Waals surface area (Å²) in [6, 6.07) is -0.163. The Morgan fingerprint density at radius 3 is 2.42 bits per heavy atom. The summed E-state index contributed by atoms with van der Waals surface area (Å²) in [6.07, 6.45) is 0. The zero-order valence-corrected chi connectivity index (χ0v) is 30.8. The third-order valence-corrected chi connectivity index (χ3v) is 11.8. The molecule has 6 rings (SSSR count). The molecule has 5 heterocycles. The second-order valence-corrected chi connectivity index (χ2v) is 15.7. The highest BCUT2D eigenvalue weighted by atomic mass is 35.5. The number of aromatic hydroxyl groups is 2. The number of hydrogen-bond donors (Lipinski definition) is 7. The van der Waals surface area contributed by atoms with E-state index in [9.17, 15) is 58.8 Å². The van der Waals surface area contributed by atoms with Gasteiger partial charge in [0, 0.05) is 25.0 Å². The van der Waals surface area contributed by atoms with Crippen LogP contribution < -0.4 is 16.5 Å². The molecule has 0 saturated carbocycles. The molecule has 8 N–H and O–H groups in total. The SMILES string of the molecule is CC(C)(O/N=C(\C(=O)N[C@@H]1C(=O)N2C[C@@](C(=O)O)(N3CCN(NC(=O)C4CN(C(=O)C(=O)c5ccc(O)c(O)c5Cl)C4)C3=O)S[C@H]12)c1csc(N)n1)C(=O)O. The number of phenolic OH excluding ortho intramolecular Hbond substituents is 2. The second-order valence-electron chi connectivity index (χ2n) is 13.0. The smallest absolute Gasteiger partial charge is 0.350 e. The largest absolute Gasteiger partial charge is 0.504 e. The molecule has 1 aromatic carbocycles. The van der Waals surface area contributed by atoms with Crippen molar-refractivity contribution < 1.29 is 63.6 Å². The number of hydrogen-bond acceptors (Lipinski definition) is 16. The first kappa shape index (κ1) is 38.8. The van der Waals surface area contributed by atoms with Crippen LogP contribution in [0.1, 0.15) is 29.9 Å². The van der Waals surface area contributed by atoms with Crippen molar-refractivity contribution >= 4 is 92.9 Å². The number of halogens is 1. The van der Waals surface area contributed by atoms with Crippen molar-refractivity contribution in [1.29, 1.82) is 0 Å². The highest BCUT2D eigenvalue weighted by molar-refractivity contribution is 8.02. The number of carboxylic acid groups (broad SMARTS) is 2. The van der Waals surface area contributed by atoms with E-state index >= 15 is 0 Å². The third kappa shape index (κ3) is 6.75. The summed E-state index contributed by atoms with van der Waals surface area (Å²) >= 11 is 7.55. The van der Waals surface area contributed by atoms with Crippen LogP contribution in [-0.4, -0.2) is 153 Å². The predicted octanol–water partition coefficient (Wildman–Crippen LogP) is -1.34. The Balaban J connectivity index is 1.08. The van der Waals surface area contributed by atoms with Gasteiger partial charge < -0.3 is 46.1 Å². The van der Waals surface area contributed by atoms with E-state index in [-0.39, 0.29) is 42.6 Å². The number of aromatic nitrogens is 1. The topological polar surface area (TPSA) is 315 Å². The fourth-order valence-electron chi connectivity index (χ4n) is 5.82. The van der Waals surface area contributed by atoms with E-state index in [0.29, 0.717) is 11.8 Å². The number of carbonyl (C=O) groups excluding carboxylic acids is 6. The maximum absolute atomic E-state index is 13.5. The van der Waals surface area contributed by atoms with Gasteiger partial charge in [-0.25, -0.2) is 24.4 Å². The lowest BCUT2D eigenvalue weighted by atomic mass is 9.97. The molecule has 4 aliphatic heterocycles. The van der Waals surface area contributed by atoms with Crippen molar-refractivity contribution in [3.63, 3.8) is 0 Å². The number of nitrogens with two attached hydrogens (primary N) is 1. The Bertz CT molecular complexity index is 2090. The number of oxime groups is 1. The van der Waals surface area contributed by atoms with Crippen LogP contribution in [0.15, 0.2) is 22.7 Å². The number of nitrogens with one attached hydrogen (secondary N) is 2. The van der Waals surface area contributed by atoms with Gasteiger partial charge in [-0.1, -0.05) is 28.5 Å². The summed E-state index contributed by atoms with van der Waals surface area (Å²) in [7, 11) is 0. The Morgan fingerprint density at radius 1 is 1.11 bits per heavy atom. The van der Waals surface area contributed by atoms with Crippen molar-refractivity contribution in [3.8, 4) is 11.5 Å². The molecule has 2 aromatic rings. The number of anilines is 1. The average molecular weight is 824 g/mol. The van der Waals surface area contributed by atoms with Gasteiger partial charge in [0.1, 0.15) is 17.1 Å². The molecule has 292 valence electrons. The number of likely N-dealkylation sites (tertiary alicyclic amines) is 1. The molecular formula is C30H30ClN9O13S2. The van der Waals surface area contributed by atoms with Crippen LogP contribution >= 0.6 is 34.7 Å². The Labute approximate surface area is 321 Å². The van der Waals surface area contributed by atoms with E-state index in [4.69, 9.17) is 22.2 Å². The van der Waals surface area contributed by atoms with E-state index in [1.54, 1.807) is 0 Å². The summed E-state index contributed by atoms with van der Waals surface area (Å²) in [4.78, 5) is 113. The highest BCUT2D eigenvalue weighted by Gasteiger charge is 2.66. The number of hydrazine groups is 1. The molecule has 4 fully saturated rings. The number of urea groups is 1. The summed E-state index contributed by atoms with van der Waals surface area (Å²) < 4.78 is 0. The van der Waals surface area contributed by atoms with E-state index in [1.807, 2.05) is 0 Å². The van der Waals surface area contributed by atoms with Crippen LogP contribution in [0.4, 0.5) is 9.93 Å². The van der Waals surface area contributed by atoms with Crippen LogP contribution in [0.3, 0.4) is 0 Å². The number of Topliss-reactive ketones (excluding diaryl/α,β-unsaturated/α-hetero) is 1. The quantitative estimate of drug-likeness (QED) is 0.0326. The average Bonchev–Trinajstić information content (AvgIpc) is 3.81. The first-order valence-corrected chi connectivity index (χ1v) is 18.1. The van der Waals surface area contributed by atoms with Gasteiger partial charge in [0.15, 0.2) is 22.3 Å². The molecule has 0 unspecified atom stereocenters. The molecule has 4 saturated heterocycles. The van der Waals surface area contributed by atoms with Gasteiger partial charge in [0.25, 0.3) is 17.6 Å². The number of thioether (sulfide) groups is 1. The lowest BCUT2D eigenvalue weighted by Gasteiger charge is -2.41. The Morgan fingerprint density at radius 2 is 1.80 bits per heavy atom. The van der Waals surface area contributed by atoms with Crippen molar-refractivity contribution in [2.75, 3.05) is 38.5 Å². The standard InChI is InChI=1S/C30H30ClN9O13S2/c1-29(2,25(48)49)53-36-16(13-9-54-27(32)33-13)21(45)34-17-22(46)38-10-30(26(50)51,55-24(17)38)39-5-6-40(28(39)52)35-20(44)11-7-37(8-11)23(47)18(42)12-3-4-14(41)19(43)15(12)31/h3-4,9,11,17,24,41,43H,5-8,10H2,1-2H3,(H2,32,33)(H,34,45)(H,35,44)(H,48,49)(H,50,51)/b36-16-/t17-,24-,30-/m1/s1. The van der Waals surface area contributed by atoms with Crippen molar-refractivity contribution in [2.24, 2.45) is 11.1 Å². The fraction of sp³-hybridized carbons (Fsp3) is 0.400.